The quantitative estimate of drug-likeness (QED) is 0.642. The number of rotatable bonds is 6. The molecule has 0 radical (unpaired) electrons. The summed E-state index contributed by atoms with van der Waals surface area (Å²) in [5.74, 6) is 0.377. The van der Waals surface area contributed by atoms with Crippen LogP contribution < -0.4 is 0 Å². The van der Waals surface area contributed by atoms with E-state index in [9.17, 15) is 13.2 Å². The van der Waals surface area contributed by atoms with Crippen molar-refractivity contribution in [3.8, 4) is 5.69 Å². The number of piperidine rings is 1. The first-order chi connectivity index (χ1) is 14.2. The van der Waals surface area contributed by atoms with Gasteiger partial charge in [-0.2, -0.15) is 4.31 Å². The van der Waals surface area contributed by atoms with Gasteiger partial charge >= 0.3 is 0 Å². The zero-order valence-electron chi connectivity index (χ0n) is 17.2. The fraction of sp³-hybridized carbons (Fsp3) is 0.526. The third kappa shape index (κ3) is 4.64. The fourth-order valence-electron chi connectivity index (χ4n) is 3.80. The molecule has 3 rings (SSSR count). The van der Waals surface area contributed by atoms with Gasteiger partial charge in [0, 0.05) is 32.1 Å². The second-order valence-electron chi connectivity index (χ2n) is 7.18. The Morgan fingerprint density at radius 2 is 1.80 bits per heavy atom. The third-order valence-electron chi connectivity index (χ3n) is 5.23. The lowest BCUT2D eigenvalue weighted by Crippen LogP contribution is -2.48. The van der Waals surface area contributed by atoms with Crippen molar-refractivity contribution in [2.45, 2.75) is 39.2 Å². The maximum absolute atomic E-state index is 13.0. The summed E-state index contributed by atoms with van der Waals surface area (Å²) in [5, 5.41) is 5.23. The Kier molecular flexibility index (Phi) is 7.06. The van der Waals surface area contributed by atoms with Gasteiger partial charge in [-0.15, -0.1) is 5.10 Å². The van der Waals surface area contributed by atoms with Gasteiger partial charge in [0.2, 0.25) is 15.8 Å². The van der Waals surface area contributed by atoms with Gasteiger partial charge in [0.25, 0.3) is 5.91 Å². The number of aromatic nitrogens is 3. The number of carbonyl (C=O) groups is 1. The molecule has 0 N–H and O–H groups in total. The van der Waals surface area contributed by atoms with Gasteiger partial charge in [-0.25, -0.2) is 18.1 Å². The van der Waals surface area contributed by atoms with E-state index in [0.29, 0.717) is 60.5 Å². The number of carbonyl (C=O) groups excluding carboxylic acids is 1. The molecule has 0 bridgehead atoms. The molecule has 0 unspecified atom stereocenters. The lowest BCUT2D eigenvalue weighted by atomic mass is 10.0. The van der Waals surface area contributed by atoms with Crippen molar-refractivity contribution in [3.63, 3.8) is 0 Å². The second-order valence-corrected chi connectivity index (χ2v) is 9.93. The molecule has 11 heteroatoms. The third-order valence-corrected chi connectivity index (χ3v) is 7.25. The Morgan fingerprint density at radius 3 is 2.30 bits per heavy atom. The maximum atomic E-state index is 13.0. The number of nitrogens with zero attached hydrogens (tertiary/aromatic N) is 5. The molecular formula is C19H25Cl2N5O3S. The summed E-state index contributed by atoms with van der Waals surface area (Å²) < 4.78 is 26.9. The van der Waals surface area contributed by atoms with E-state index in [0.717, 1.165) is 0 Å². The minimum Gasteiger partial charge on any atom is -0.336 e. The van der Waals surface area contributed by atoms with E-state index in [1.165, 1.54) is 15.2 Å². The van der Waals surface area contributed by atoms with E-state index in [1.54, 1.807) is 23.1 Å². The summed E-state index contributed by atoms with van der Waals surface area (Å²) in [6.45, 7) is 5.04. The van der Waals surface area contributed by atoms with Crippen LogP contribution in [0.2, 0.25) is 10.0 Å². The van der Waals surface area contributed by atoms with E-state index in [1.807, 2.05) is 13.8 Å². The Bertz CT molecular complexity index is 1010. The normalized spacial score (nSPS) is 15.7. The van der Waals surface area contributed by atoms with Crippen LogP contribution in [0.1, 0.15) is 43.1 Å². The van der Waals surface area contributed by atoms with E-state index < -0.39 is 10.0 Å². The first kappa shape index (κ1) is 23.0. The number of amides is 1. The topological polar surface area (TPSA) is 88.4 Å². The smallest absolute Gasteiger partial charge is 0.293 e. The zero-order chi connectivity index (χ0) is 22.1. The summed E-state index contributed by atoms with van der Waals surface area (Å²) in [5.41, 5.74) is 0.495. The first-order valence-electron chi connectivity index (χ1n) is 9.83. The van der Waals surface area contributed by atoms with Crippen LogP contribution in [0, 0.1) is 0 Å². The largest absolute Gasteiger partial charge is 0.336 e. The van der Waals surface area contributed by atoms with Crippen LogP contribution in [0.4, 0.5) is 0 Å². The van der Waals surface area contributed by atoms with E-state index in [-0.39, 0.29) is 17.8 Å². The van der Waals surface area contributed by atoms with Gasteiger partial charge < -0.3 is 4.90 Å². The van der Waals surface area contributed by atoms with Crippen LogP contribution in [0.25, 0.3) is 5.69 Å². The van der Waals surface area contributed by atoms with Gasteiger partial charge in [-0.05, 0) is 25.0 Å². The number of hydrogen-bond donors (Lipinski definition) is 0. The molecule has 1 aromatic carbocycles. The van der Waals surface area contributed by atoms with Crippen molar-refractivity contribution < 1.29 is 13.2 Å². The summed E-state index contributed by atoms with van der Waals surface area (Å²) in [4.78, 5) is 19.1. The minimum atomic E-state index is -3.27. The molecule has 30 heavy (non-hydrogen) atoms. The lowest BCUT2D eigenvalue weighted by molar-refractivity contribution is 0.0668. The van der Waals surface area contributed by atoms with Crippen LogP contribution >= 0.6 is 23.2 Å². The van der Waals surface area contributed by atoms with Crippen LogP contribution in [-0.4, -0.2) is 70.2 Å². The molecule has 0 saturated carbocycles. The maximum Gasteiger partial charge on any atom is 0.293 e. The molecule has 1 fully saturated rings. The second kappa shape index (κ2) is 9.21. The number of likely N-dealkylation sites (tertiary alicyclic amines) is 1. The predicted octanol–water partition coefficient (Wildman–Crippen LogP) is 3.02. The van der Waals surface area contributed by atoms with Crippen molar-refractivity contribution in [3.05, 3.63) is 39.9 Å². The van der Waals surface area contributed by atoms with Crippen molar-refractivity contribution in [2.75, 3.05) is 25.9 Å². The molecule has 1 amide bonds. The number of aryl methyl sites for hydroxylation is 1. The first-order valence-corrected chi connectivity index (χ1v) is 12.4. The summed E-state index contributed by atoms with van der Waals surface area (Å²) in [7, 11) is -3.27. The van der Waals surface area contributed by atoms with E-state index >= 15 is 0 Å². The molecule has 2 heterocycles. The van der Waals surface area contributed by atoms with E-state index in [4.69, 9.17) is 23.2 Å². The molecule has 164 valence electrons. The van der Waals surface area contributed by atoms with Crippen LogP contribution in [0.5, 0.6) is 0 Å². The predicted molar refractivity (Wildman–Crippen MR) is 117 cm³/mol. The number of benzene rings is 1. The van der Waals surface area contributed by atoms with Crippen LogP contribution in [-0.2, 0) is 16.4 Å². The number of sulfonamides is 1. The Morgan fingerprint density at radius 1 is 1.20 bits per heavy atom. The molecule has 0 spiro atoms. The highest BCUT2D eigenvalue weighted by Gasteiger charge is 2.32. The highest BCUT2D eigenvalue weighted by Crippen LogP contribution is 2.29. The molecule has 1 aromatic heterocycles. The van der Waals surface area contributed by atoms with Crippen LogP contribution in [0.3, 0.4) is 0 Å². The standard InChI is InChI=1S/C19H25Cl2N5O3S/c1-4-16-22-18(23-26(16)17-14(20)7-6-8-15(17)21)19(27)24-11-9-13(10-12-24)25(5-2)30(3,28)29/h6-8,13H,4-5,9-12H2,1-3H3. The van der Waals surface area contributed by atoms with Crippen molar-refractivity contribution >= 4 is 39.1 Å². The average Bonchev–Trinajstić information content (AvgIpc) is 3.11. The van der Waals surface area contributed by atoms with Crippen molar-refractivity contribution in [1.82, 2.24) is 24.0 Å². The number of para-hydroxylation sites is 1. The molecule has 2 aromatic rings. The van der Waals surface area contributed by atoms with Gasteiger partial charge in [0.05, 0.1) is 16.3 Å². The molecule has 1 saturated heterocycles. The minimum absolute atomic E-state index is 0.0803. The number of halogens is 2. The monoisotopic (exact) mass is 473 g/mol. The van der Waals surface area contributed by atoms with Gasteiger partial charge in [-0.3, -0.25) is 4.79 Å². The lowest BCUT2D eigenvalue weighted by Gasteiger charge is -2.36. The molecular weight excluding hydrogens is 449 g/mol. The fourth-order valence-corrected chi connectivity index (χ4v) is 5.58. The highest BCUT2D eigenvalue weighted by molar-refractivity contribution is 7.88. The van der Waals surface area contributed by atoms with Gasteiger partial charge in [-0.1, -0.05) is 43.1 Å². The zero-order valence-corrected chi connectivity index (χ0v) is 19.5. The SMILES string of the molecule is CCc1nc(C(=O)N2CCC(N(CC)S(C)(=O)=O)CC2)nn1-c1c(Cl)cccc1Cl. The van der Waals surface area contributed by atoms with E-state index in [2.05, 4.69) is 10.1 Å². The summed E-state index contributed by atoms with van der Waals surface area (Å²) in [6.07, 6.45) is 2.91. The molecule has 8 nitrogen and oxygen atoms in total. The van der Waals surface area contributed by atoms with Gasteiger partial charge in [0.15, 0.2) is 0 Å². The molecule has 1 aliphatic heterocycles. The van der Waals surface area contributed by atoms with Gasteiger partial charge in [0.1, 0.15) is 11.5 Å². The number of hydrogen-bond acceptors (Lipinski definition) is 5. The Labute approximate surface area is 186 Å². The highest BCUT2D eigenvalue weighted by atomic mass is 35.5. The summed E-state index contributed by atoms with van der Waals surface area (Å²) in [6, 6.07) is 5.05. The van der Waals surface area contributed by atoms with Crippen molar-refractivity contribution in [2.24, 2.45) is 0 Å². The van der Waals surface area contributed by atoms with Crippen molar-refractivity contribution in [1.29, 1.82) is 0 Å². The summed E-state index contributed by atoms with van der Waals surface area (Å²) >= 11 is 12.6. The molecule has 0 aliphatic carbocycles. The van der Waals surface area contributed by atoms with Crippen LogP contribution in [0.15, 0.2) is 18.2 Å². The average molecular weight is 474 g/mol. The Balaban J connectivity index is 1.80. The molecule has 1 aliphatic rings. The Hall–Kier alpha value is -1.68. The molecule has 0 atom stereocenters.